The Hall–Kier alpha value is -1.63. The number of ether oxygens (including phenoxy) is 2. The SMILES string of the molecule is CC(N)CC(=O)NCc1cccc(OCCN(C)C2CCOCC2)c1. The van der Waals surface area contributed by atoms with E-state index >= 15 is 0 Å². The summed E-state index contributed by atoms with van der Waals surface area (Å²) in [5.41, 5.74) is 6.65. The van der Waals surface area contributed by atoms with Crippen LogP contribution in [0.1, 0.15) is 31.7 Å². The summed E-state index contributed by atoms with van der Waals surface area (Å²) in [7, 11) is 2.14. The van der Waals surface area contributed by atoms with Crippen molar-refractivity contribution < 1.29 is 14.3 Å². The molecule has 3 N–H and O–H groups in total. The molecule has 0 aromatic heterocycles. The number of nitrogens with one attached hydrogen (secondary N) is 1. The molecule has 0 bridgehead atoms. The fourth-order valence-corrected chi connectivity index (χ4v) is 2.93. The fourth-order valence-electron chi connectivity index (χ4n) is 2.93. The molecule has 1 saturated heterocycles. The molecule has 1 unspecified atom stereocenters. The highest BCUT2D eigenvalue weighted by Crippen LogP contribution is 2.15. The lowest BCUT2D eigenvalue weighted by molar-refractivity contribution is -0.121. The van der Waals surface area contributed by atoms with Crippen LogP contribution in [0, 0.1) is 0 Å². The van der Waals surface area contributed by atoms with E-state index in [9.17, 15) is 4.79 Å². The van der Waals surface area contributed by atoms with Gasteiger partial charge < -0.3 is 20.5 Å². The van der Waals surface area contributed by atoms with Gasteiger partial charge in [0.05, 0.1) is 0 Å². The molecule has 1 aromatic rings. The Kier molecular flexibility index (Phi) is 8.18. The monoisotopic (exact) mass is 349 g/mol. The van der Waals surface area contributed by atoms with E-state index in [-0.39, 0.29) is 11.9 Å². The van der Waals surface area contributed by atoms with Gasteiger partial charge in [0.15, 0.2) is 0 Å². The van der Waals surface area contributed by atoms with E-state index in [1.807, 2.05) is 31.2 Å². The average Bonchev–Trinajstić information content (AvgIpc) is 2.60. The van der Waals surface area contributed by atoms with Crippen molar-refractivity contribution in [1.29, 1.82) is 0 Å². The second-order valence-electron chi connectivity index (χ2n) is 6.78. The first-order valence-electron chi connectivity index (χ1n) is 9.06. The van der Waals surface area contributed by atoms with E-state index < -0.39 is 0 Å². The topological polar surface area (TPSA) is 76.8 Å². The molecule has 2 rings (SSSR count). The summed E-state index contributed by atoms with van der Waals surface area (Å²) < 4.78 is 11.3. The molecule has 1 atom stereocenters. The zero-order valence-corrected chi connectivity index (χ0v) is 15.4. The van der Waals surface area contributed by atoms with Crippen molar-refractivity contribution in [3.63, 3.8) is 0 Å². The van der Waals surface area contributed by atoms with Gasteiger partial charge in [-0.25, -0.2) is 0 Å². The largest absolute Gasteiger partial charge is 0.492 e. The number of likely N-dealkylation sites (N-methyl/N-ethyl adjacent to an activating group) is 1. The molecule has 0 saturated carbocycles. The first-order valence-corrected chi connectivity index (χ1v) is 9.06. The van der Waals surface area contributed by atoms with Gasteiger partial charge in [0.25, 0.3) is 0 Å². The maximum atomic E-state index is 11.7. The second kappa shape index (κ2) is 10.4. The number of carbonyl (C=O) groups excluding carboxylic acids is 1. The molecule has 1 aliphatic heterocycles. The fraction of sp³-hybridized carbons (Fsp3) is 0.632. The zero-order chi connectivity index (χ0) is 18.1. The Bertz CT molecular complexity index is 530. The average molecular weight is 349 g/mol. The maximum absolute atomic E-state index is 11.7. The Labute approximate surface area is 150 Å². The van der Waals surface area contributed by atoms with Gasteiger partial charge in [0.2, 0.25) is 5.91 Å². The lowest BCUT2D eigenvalue weighted by Gasteiger charge is -2.31. The van der Waals surface area contributed by atoms with E-state index in [0.29, 0.717) is 25.6 Å². The number of amides is 1. The molecular weight excluding hydrogens is 318 g/mol. The number of hydrogen-bond donors (Lipinski definition) is 2. The van der Waals surface area contributed by atoms with Crippen molar-refractivity contribution in [3.8, 4) is 5.75 Å². The van der Waals surface area contributed by atoms with Gasteiger partial charge in [-0.3, -0.25) is 9.69 Å². The minimum atomic E-state index is -0.123. The first-order chi connectivity index (χ1) is 12.0. The summed E-state index contributed by atoms with van der Waals surface area (Å²) >= 11 is 0. The second-order valence-corrected chi connectivity index (χ2v) is 6.78. The van der Waals surface area contributed by atoms with Crippen LogP contribution in [-0.2, 0) is 16.1 Å². The van der Waals surface area contributed by atoms with Gasteiger partial charge in [-0.2, -0.15) is 0 Å². The number of nitrogens with zero attached hydrogens (tertiary/aromatic N) is 1. The third kappa shape index (κ3) is 7.42. The molecule has 6 nitrogen and oxygen atoms in total. The van der Waals surface area contributed by atoms with Crippen molar-refractivity contribution in [1.82, 2.24) is 10.2 Å². The Balaban J connectivity index is 1.72. The normalized spacial score (nSPS) is 16.6. The number of hydrogen-bond acceptors (Lipinski definition) is 5. The van der Waals surface area contributed by atoms with Gasteiger partial charge in [-0.05, 0) is 44.5 Å². The van der Waals surface area contributed by atoms with Gasteiger partial charge >= 0.3 is 0 Å². The third-order valence-electron chi connectivity index (χ3n) is 4.42. The minimum absolute atomic E-state index is 0.0283. The molecule has 140 valence electrons. The predicted molar refractivity (Wildman–Crippen MR) is 98.5 cm³/mol. The van der Waals surface area contributed by atoms with E-state index in [4.69, 9.17) is 15.2 Å². The van der Waals surface area contributed by atoms with Gasteiger partial charge in [-0.1, -0.05) is 12.1 Å². The van der Waals surface area contributed by atoms with Crippen molar-refractivity contribution in [2.24, 2.45) is 5.73 Å². The molecule has 0 radical (unpaired) electrons. The Morgan fingerprint density at radius 2 is 2.20 bits per heavy atom. The highest BCUT2D eigenvalue weighted by molar-refractivity contribution is 5.76. The van der Waals surface area contributed by atoms with Crippen molar-refractivity contribution in [2.75, 3.05) is 33.4 Å². The summed E-state index contributed by atoms with van der Waals surface area (Å²) in [5.74, 6) is 0.804. The molecule has 0 aliphatic carbocycles. The van der Waals surface area contributed by atoms with Gasteiger partial charge in [-0.15, -0.1) is 0 Å². The number of nitrogens with two attached hydrogens (primary N) is 1. The molecule has 1 aromatic carbocycles. The molecule has 6 heteroatoms. The molecular formula is C19H31N3O3. The predicted octanol–water partition coefficient (Wildman–Crippen LogP) is 1.53. The molecule has 25 heavy (non-hydrogen) atoms. The van der Waals surface area contributed by atoms with E-state index in [0.717, 1.165) is 43.9 Å². The molecule has 1 aliphatic rings. The lowest BCUT2D eigenvalue weighted by atomic mass is 10.1. The number of rotatable bonds is 9. The highest BCUT2D eigenvalue weighted by Gasteiger charge is 2.17. The van der Waals surface area contributed by atoms with Crippen LogP contribution < -0.4 is 15.8 Å². The van der Waals surface area contributed by atoms with E-state index in [1.54, 1.807) is 0 Å². The smallest absolute Gasteiger partial charge is 0.221 e. The van der Waals surface area contributed by atoms with Crippen LogP contribution in [0.5, 0.6) is 5.75 Å². The van der Waals surface area contributed by atoms with Crippen LogP contribution in [-0.4, -0.2) is 56.3 Å². The van der Waals surface area contributed by atoms with Crippen molar-refractivity contribution >= 4 is 5.91 Å². The quantitative estimate of drug-likeness (QED) is 0.707. The van der Waals surface area contributed by atoms with E-state index in [2.05, 4.69) is 17.3 Å². The van der Waals surface area contributed by atoms with Gasteiger partial charge in [0, 0.05) is 44.8 Å². The summed E-state index contributed by atoms with van der Waals surface area (Å²) in [4.78, 5) is 14.0. The molecule has 1 amide bonds. The van der Waals surface area contributed by atoms with Crippen LogP contribution in [0.3, 0.4) is 0 Å². The van der Waals surface area contributed by atoms with Crippen LogP contribution in [0.25, 0.3) is 0 Å². The molecule has 0 spiro atoms. The maximum Gasteiger partial charge on any atom is 0.221 e. The first kappa shape index (κ1) is 19.7. The number of carbonyl (C=O) groups is 1. The van der Waals surface area contributed by atoms with Crippen LogP contribution in [0.2, 0.25) is 0 Å². The van der Waals surface area contributed by atoms with Crippen molar-refractivity contribution in [3.05, 3.63) is 29.8 Å². The Morgan fingerprint density at radius 1 is 1.44 bits per heavy atom. The third-order valence-corrected chi connectivity index (χ3v) is 4.42. The van der Waals surface area contributed by atoms with Gasteiger partial charge in [0.1, 0.15) is 12.4 Å². The number of benzene rings is 1. The zero-order valence-electron chi connectivity index (χ0n) is 15.4. The molecule has 1 fully saturated rings. The lowest BCUT2D eigenvalue weighted by Crippen LogP contribution is -2.38. The van der Waals surface area contributed by atoms with E-state index in [1.165, 1.54) is 0 Å². The summed E-state index contributed by atoms with van der Waals surface area (Å²) in [6.07, 6.45) is 2.52. The highest BCUT2D eigenvalue weighted by atomic mass is 16.5. The summed E-state index contributed by atoms with van der Waals surface area (Å²) in [6, 6.07) is 8.31. The summed E-state index contributed by atoms with van der Waals surface area (Å²) in [5, 5.41) is 2.88. The summed E-state index contributed by atoms with van der Waals surface area (Å²) in [6.45, 7) is 5.56. The van der Waals surface area contributed by atoms with Crippen molar-refractivity contribution in [2.45, 2.75) is 44.8 Å². The Morgan fingerprint density at radius 3 is 2.92 bits per heavy atom. The van der Waals surface area contributed by atoms with Crippen LogP contribution >= 0.6 is 0 Å². The minimum Gasteiger partial charge on any atom is -0.492 e. The van der Waals surface area contributed by atoms with Crippen LogP contribution in [0.15, 0.2) is 24.3 Å². The standard InChI is InChI=1S/C19H31N3O3/c1-15(20)12-19(23)21-14-16-4-3-5-18(13-16)25-11-8-22(2)17-6-9-24-10-7-17/h3-5,13,15,17H,6-12,14,20H2,1-2H3,(H,21,23). The molecule has 1 heterocycles. The van der Waals surface area contributed by atoms with Crippen LogP contribution in [0.4, 0.5) is 0 Å².